The molecular formula is C12H12N2O4. The highest BCUT2D eigenvalue weighted by molar-refractivity contribution is 5.96. The maximum absolute atomic E-state index is 11.3. The number of nitrogens with zero attached hydrogens (tertiary/aromatic N) is 1. The van der Waals surface area contributed by atoms with E-state index in [1.807, 2.05) is 0 Å². The van der Waals surface area contributed by atoms with E-state index in [0.717, 1.165) is 0 Å². The first-order valence-corrected chi connectivity index (χ1v) is 5.19. The minimum Gasteiger partial charge on any atom is -0.349 e. The maximum atomic E-state index is 11.3. The molecule has 0 aromatic heterocycles. The lowest BCUT2D eigenvalue weighted by atomic mass is 10.2. The largest absolute Gasteiger partial charge is 0.349 e. The van der Waals surface area contributed by atoms with Gasteiger partial charge in [-0.05, 0) is 23.8 Å². The third-order valence-corrected chi connectivity index (χ3v) is 2.08. The van der Waals surface area contributed by atoms with Crippen LogP contribution in [0.25, 0.3) is 6.08 Å². The molecule has 1 rings (SSSR count). The van der Waals surface area contributed by atoms with Crippen molar-refractivity contribution in [2.45, 2.75) is 6.92 Å². The summed E-state index contributed by atoms with van der Waals surface area (Å²) in [6.07, 6.45) is 2.85. The van der Waals surface area contributed by atoms with Crippen LogP contribution in [0.15, 0.2) is 30.3 Å². The zero-order valence-corrected chi connectivity index (χ0v) is 9.75. The monoisotopic (exact) mass is 248 g/mol. The number of ketones is 1. The Kier molecular flexibility index (Phi) is 4.74. The Morgan fingerprint density at radius 3 is 2.44 bits per heavy atom. The third-order valence-electron chi connectivity index (χ3n) is 2.08. The Labute approximate surface area is 103 Å². The van der Waals surface area contributed by atoms with Gasteiger partial charge in [0.15, 0.2) is 5.78 Å². The molecule has 6 heteroatoms. The first kappa shape index (κ1) is 13.6. The number of carbonyl (C=O) groups excluding carboxylic acids is 2. The smallest absolute Gasteiger partial charge is 0.269 e. The highest BCUT2D eigenvalue weighted by Crippen LogP contribution is 2.12. The Bertz CT molecular complexity index is 491. The van der Waals surface area contributed by atoms with Crippen LogP contribution in [0.5, 0.6) is 0 Å². The summed E-state index contributed by atoms with van der Waals surface area (Å²) >= 11 is 0. The first-order chi connectivity index (χ1) is 8.49. The summed E-state index contributed by atoms with van der Waals surface area (Å²) in [6, 6.07) is 5.80. The summed E-state index contributed by atoms with van der Waals surface area (Å²) in [4.78, 5) is 31.8. The molecule has 0 aliphatic heterocycles. The molecule has 1 aromatic carbocycles. The fraction of sp³-hybridized carbons (Fsp3) is 0.167. The number of rotatable bonds is 5. The van der Waals surface area contributed by atoms with E-state index < -0.39 is 4.92 Å². The van der Waals surface area contributed by atoms with Crippen molar-refractivity contribution in [2.75, 3.05) is 6.54 Å². The molecule has 6 nitrogen and oxygen atoms in total. The molecule has 0 heterocycles. The first-order valence-electron chi connectivity index (χ1n) is 5.19. The molecule has 1 amide bonds. The number of hydrogen-bond donors (Lipinski definition) is 1. The van der Waals surface area contributed by atoms with E-state index >= 15 is 0 Å². The Morgan fingerprint density at radius 1 is 1.33 bits per heavy atom. The minimum absolute atomic E-state index is 0.00303. The van der Waals surface area contributed by atoms with Gasteiger partial charge in [0, 0.05) is 19.1 Å². The van der Waals surface area contributed by atoms with E-state index in [1.165, 1.54) is 31.2 Å². The lowest BCUT2D eigenvalue weighted by Gasteiger charge is -1.97. The van der Waals surface area contributed by atoms with Crippen LogP contribution in [0.1, 0.15) is 12.5 Å². The second-order valence-corrected chi connectivity index (χ2v) is 3.56. The molecule has 0 saturated carbocycles. The van der Waals surface area contributed by atoms with Crippen molar-refractivity contribution in [1.82, 2.24) is 5.32 Å². The molecule has 1 aromatic rings. The molecule has 0 fully saturated rings. The van der Waals surface area contributed by atoms with Crippen molar-refractivity contribution in [3.05, 3.63) is 46.0 Å². The van der Waals surface area contributed by atoms with Gasteiger partial charge in [0.2, 0.25) is 5.91 Å². The lowest BCUT2D eigenvalue weighted by molar-refractivity contribution is -0.384. The van der Waals surface area contributed by atoms with Crippen LogP contribution in [0.3, 0.4) is 0 Å². The highest BCUT2D eigenvalue weighted by atomic mass is 16.6. The van der Waals surface area contributed by atoms with E-state index in [-0.39, 0.29) is 23.9 Å². The number of nitrogens with one attached hydrogen (secondary N) is 1. The lowest BCUT2D eigenvalue weighted by Crippen LogP contribution is -2.25. The molecule has 18 heavy (non-hydrogen) atoms. The molecule has 0 aliphatic carbocycles. The van der Waals surface area contributed by atoms with Gasteiger partial charge in [-0.3, -0.25) is 19.7 Å². The van der Waals surface area contributed by atoms with Crippen molar-refractivity contribution in [2.24, 2.45) is 0 Å². The predicted molar refractivity (Wildman–Crippen MR) is 65.8 cm³/mol. The van der Waals surface area contributed by atoms with E-state index in [9.17, 15) is 19.7 Å². The quantitative estimate of drug-likeness (QED) is 0.483. The molecule has 0 radical (unpaired) electrons. The summed E-state index contributed by atoms with van der Waals surface area (Å²) in [6.45, 7) is 1.27. The van der Waals surface area contributed by atoms with Crippen LogP contribution < -0.4 is 5.32 Å². The van der Waals surface area contributed by atoms with Crippen LogP contribution in [0.4, 0.5) is 5.69 Å². The molecule has 0 bridgehead atoms. The van der Waals surface area contributed by atoms with Crippen LogP contribution in [0, 0.1) is 10.1 Å². The van der Waals surface area contributed by atoms with Gasteiger partial charge >= 0.3 is 0 Å². The fourth-order valence-electron chi connectivity index (χ4n) is 1.17. The van der Waals surface area contributed by atoms with Crippen molar-refractivity contribution in [3.63, 3.8) is 0 Å². The van der Waals surface area contributed by atoms with Crippen molar-refractivity contribution < 1.29 is 14.5 Å². The number of nitro benzene ring substituents is 1. The average molecular weight is 248 g/mol. The van der Waals surface area contributed by atoms with E-state index in [2.05, 4.69) is 5.32 Å². The second-order valence-electron chi connectivity index (χ2n) is 3.56. The number of non-ortho nitro benzene ring substituents is 1. The van der Waals surface area contributed by atoms with E-state index in [1.54, 1.807) is 12.1 Å². The van der Waals surface area contributed by atoms with Gasteiger partial charge in [-0.2, -0.15) is 0 Å². The fourth-order valence-corrected chi connectivity index (χ4v) is 1.17. The van der Waals surface area contributed by atoms with Crippen molar-refractivity contribution in [1.29, 1.82) is 0 Å². The van der Waals surface area contributed by atoms with Crippen LogP contribution >= 0.6 is 0 Å². The van der Waals surface area contributed by atoms with Crippen LogP contribution in [-0.4, -0.2) is 23.2 Å². The summed E-state index contributed by atoms with van der Waals surface area (Å²) in [5.74, 6) is -0.518. The Morgan fingerprint density at radius 2 is 1.94 bits per heavy atom. The number of benzene rings is 1. The standard InChI is InChI=1S/C12H12N2O4/c1-9(15)13-8-12(16)7-4-10-2-5-11(6-3-10)14(17)18/h2-7H,8H2,1H3,(H,13,15)/b7-4+. The zero-order chi connectivity index (χ0) is 13.5. The van der Waals surface area contributed by atoms with E-state index in [4.69, 9.17) is 0 Å². The molecule has 0 spiro atoms. The zero-order valence-electron chi connectivity index (χ0n) is 9.75. The Balaban J connectivity index is 2.58. The molecule has 0 atom stereocenters. The Hall–Kier alpha value is -2.50. The highest BCUT2D eigenvalue weighted by Gasteiger charge is 2.02. The second kappa shape index (κ2) is 6.29. The summed E-state index contributed by atoms with van der Waals surface area (Å²) < 4.78 is 0. The topological polar surface area (TPSA) is 89.3 Å². The maximum Gasteiger partial charge on any atom is 0.269 e. The average Bonchev–Trinajstić information content (AvgIpc) is 2.34. The molecule has 0 unspecified atom stereocenters. The molecular weight excluding hydrogens is 236 g/mol. The number of hydrogen-bond acceptors (Lipinski definition) is 4. The third kappa shape index (κ3) is 4.56. The van der Waals surface area contributed by atoms with E-state index in [0.29, 0.717) is 5.56 Å². The van der Waals surface area contributed by atoms with Crippen molar-refractivity contribution in [3.8, 4) is 0 Å². The summed E-state index contributed by atoms with van der Waals surface area (Å²) in [5, 5.41) is 12.8. The molecule has 94 valence electrons. The predicted octanol–water partition coefficient (Wildman–Crippen LogP) is 1.31. The van der Waals surface area contributed by atoms with Gasteiger partial charge in [-0.25, -0.2) is 0 Å². The normalized spacial score (nSPS) is 10.3. The van der Waals surface area contributed by atoms with Gasteiger partial charge < -0.3 is 5.32 Å². The minimum atomic E-state index is -0.491. The molecule has 0 saturated heterocycles. The van der Waals surface area contributed by atoms with Gasteiger partial charge in [-0.15, -0.1) is 0 Å². The van der Waals surface area contributed by atoms with Gasteiger partial charge in [0.25, 0.3) is 5.69 Å². The SMILES string of the molecule is CC(=O)NCC(=O)/C=C/c1ccc([N+](=O)[O-])cc1. The number of carbonyl (C=O) groups is 2. The van der Waals surface area contributed by atoms with Crippen molar-refractivity contribution >= 4 is 23.5 Å². The van der Waals surface area contributed by atoms with Crippen LogP contribution in [0.2, 0.25) is 0 Å². The summed E-state index contributed by atoms with van der Waals surface area (Å²) in [7, 11) is 0. The number of amides is 1. The molecule has 0 aliphatic rings. The summed E-state index contributed by atoms with van der Waals surface area (Å²) in [5.41, 5.74) is 0.675. The van der Waals surface area contributed by atoms with Gasteiger partial charge in [0.1, 0.15) is 0 Å². The van der Waals surface area contributed by atoms with Gasteiger partial charge in [0.05, 0.1) is 11.5 Å². The molecule has 1 N–H and O–H groups in total. The van der Waals surface area contributed by atoms with Gasteiger partial charge in [-0.1, -0.05) is 6.08 Å². The van der Waals surface area contributed by atoms with Crippen LogP contribution in [-0.2, 0) is 9.59 Å². The number of nitro groups is 1.